The Morgan fingerprint density at radius 2 is 2.26 bits per heavy atom. The number of hydrogen-bond donors (Lipinski definition) is 3. The van der Waals surface area contributed by atoms with E-state index in [1.807, 2.05) is 6.92 Å². The smallest absolute Gasteiger partial charge is 0.259 e. The lowest BCUT2D eigenvalue weighted by Gasteiger charge is -2.15. The van der Waals surface area contributed by atoms with Crippen LogP contribution in [0.3, 0.4) is 0 Å². The molecule has 2 amide bonds. The molecule has 1 aromatic heterocycles. The van der Waals surface area contributed by atoms with Crippen LogP contribution in [0.25, 0.3) is 0 Å². The number of carbonyl (C=O) groups excluding carboxylic acids is 2. The van der Waals surface area contributed by atoms with Gasteiger partial charge in [-0.05, 0) is 35.0 Å². The van der Waals surface area contributed by atoms with Gasteiger partial charge in [0.1, 0.15) is 0 Å². The van der Waals surface area contributed by atoms with Crippen LogP contribution in [-0.4, -0.2) is 27.6 Å². The number of nitrogens with zero attached hydrogens (tertiary/aromatic N) is 2. The Labute approximate surface area is 141 Å². The van der Waals surface area contributed by atoms with Crippen LogP contribution in [0.5, 0.6) is 0 Å². The largest absolute Gasteiger partial charge is 0.380 e. The van der Waals surface area contributed by atoms with Crippen molar-refractivity contribution in [3.63, 3.8) is 0 Å². The molecular formula is C15H16BrN5O2. The summed E-state index contributed by atoms with van der Waals surface area (Å²) in [5, 5.41) is 13.0. The van der Waals surface area contributed by atoms with E-state index in [0.29, 0.717) is 33.6 Å². The zero-order chi connectivity index (χ0) is 16.6. The molecule has 0 radical (unpaired) electrons. The third kappa shape index (κ3) is 3.21. The molecule has 0 saturated carbocycles. The minimum atomic E-state index is -0.294. The SMILES string of the molecule is CC1CC(=O)Nc2cccc(C(=O)Nc3nn(C)cc3Br)c2N1. The van der Waals surface area contributed by atoms with Crippen molar-refractivity contribution in [3.05, 3.63) is 34.4 Å². The lowest BCUT2D eigenvalue weighted by atomic mass is 10.1. The number of aryl methyl sites for hydroxylation is 1. The zero-order valence-electron chi connectivity index (χ0n) is 12.7. The fourth-order valence-electron chi connectivity index (χ4n) is 2.50. The number of aromatic nitrogens is 2. The molecule has 1 aromatic carbocycles. The highest BCUT2D eigenvalue weighted by atomic mass is 79.9. The van der Waals surface area contributed by atoms with Crippen LogP contribution < -0.4 is 16.0 Å². The molecule has 0 saturated heterocycles. The van der Waals surface area contributed by atoms with Gasteiger partial charge >= 0.3 is 0 Å². The molecule has 2 heterocycles. The van der Waals surface area contributed by atoms with Crippen molar-refractivity contribution in [1.29, 1.82) is 0 Å². The van der Waals surface area contributed by atoms with Crippen LogP contribution in [0, 0.1) is 0 Å². The van der Waals surface area contributed by atoms with Gasteiger partial charge in [-0.2, -0.15) is 5.10 Å². The molecule has 0 spiro atoms. The Kier molecular flexibility index (Phi) is 4.08. The number of amides is 2. The molecule has 0 aliphatic carbocycles. The van der Waals surface area contributed by atoms with Crippen LogP contribution >= 0.6 is 15.9 Å². The monoisotopic (exact) mass is 377 g/mol. The average Bonchev–Trinajstić information content (AvgIpc) is 2.69. The first kappa shape index (κ1) is 15.5. The standard InChI is InChI=1S/C15H16BrN5O2/c1-8-6-12(22)18-11-5-3-4-9(13(11)17-8)15(23)19-14-10(16)7-21(2)20-14/h3-5,7-8,17H,6H2,1-2H3,(H,18,22)(H,19,20,23). The van der Waals surface area contributed by atoms with Crippen LogP contribution in [0.4, 0.5) is 17.2 Å². The molecule has 3 N–H and O–H groups in total. The van der Waals surface area contributed by atoms with Crippen molar-refractivity contribution in [2.75, 3.05) is 16.0 Å². The van der Waals surface area contributed by atoms with Gasteiger partial charge in [-0.15, -0.1) is 0 Å². The Morgan fingerprint density at radius 1 is 1.48 bits per heavy atom. The van der Waals surface area contributed by atoms with Gasteiger partial charge in [-0.25, -0.2) is 0 Å². The number of benzene rings is 1. The normalized spacial score (nSPS) is 16.8. The summed E-state index contributed by atoms with van der Waals surface area (Å²) >= 11 is 3.35. The minimum absolute atomic E-state index is 0.0632. The lowest BCUT2D eigenvalue weighted by molar-refractivity contribution is -0.116. The quantitative estimate of drug-likeness (QED) is 0.750. The maximum atomic E-state index is 12.6. The number of fused-ring (bicyclic) bond motifs is 1. The second-order valence-corrected chi connectivity index (χ2v) is 6.33. The number of para-hydroxylation sites is 1. The number of carbonyl (C=O) groups is 2. The van der Waals surface area contributed by atoms with Crippen molar-refractivity contribution in [2.24, 2.45) is 7.05 Å². The van der Waals surface area contributed by atoms with Crippen LogP contribution in [0.2, 0.25) is 0 Å². The molecule has 7 nitrogen and oxygen atoms in total. The fourth-order valence-corrected chi connectivity index (χ4v) is 2.97. The highest BCUT2D eigenvalue weighted by Gasteiger charge is 2.23. The third-order valence-corrected chi connectivity index (χ3v) is 4.06. The molecule has 0 bridgehead atoms. The predicted octanol–water partition coefficient (Wildman–Crippen LogP) is 2.58. The second-order valence-electron chi connectivity index (χ2n) is 5.48. The maximum absolute atomic E-state index is 12.6. The first-order valence-corrected chi connectivity index (χ1v) is 7.93. The summed E-state index contributed by atoms with van der Waals surface area (Å²) in [7, 11) is 1.77. The van der Waals surface area contributed by atoms with E-state index in [9.17, 15) is 9.59 Å². The molecule has 8 heteroatoms. The van der Waals surface area contributed by atoms with Crippen molar-refractivity contribution in [2.45, 2.75) is 19.4 Å². The molecule has 2 aromatic rings. The zero-order valence-corrected chi connectivity index (χ0v) is 14.3. The van der Waals surface area contributed by atoms with Crippen LogP contribution in [0.15, 0.2) is 28.9 Å². The van der Waals surface area contributed by atoms with Gasteiger partial charge < -0.3 is 16.0 Å². The van der Waals surface area contributed by atoms with E-state index in [1.54, 1.807) is 36.1 Å². The summed E-state index contributed by atoms with van der Waals surface area (Å²) in [6, 6.07) is 5.15. The Bertz CT molecular complexity index is 786. The molecule has 1 atom stereocenters. The van der Waals surface area contributed by atoms with E-state index in [4.69, 9.17) is 0 Å². The first-order valence-electron chi connectivity index (χ1n) is 7.14. The highest BCUT2D eigenvalue weighted by molar-refractivity contribution is 9.10. The van der Waals surface area contributed by atoms with Gasteiger partial charge in [0.05, 0.1) is 21.4 Å². The number of hydrogen-bond acceptors (Lipinski definition) is 4. The van der Waals surface area contributed by atoms with Gasteiger partial charge in [-0.1, -0.05) is 6.07 Å². The molecule has 0 fully saturated rings. The van der Waals surface area contributed by atoms with E-state index < -0.39 is 0 Å². The van der Waals surface area contributed by atoms with Crippen molar-refractivity contribution in [1.82, 2.24) is 9.78 Å². The Hall–Kier alpha value is -2.35. The third-order valence-electron chi connectivity index (χ3n) is 3.48. The number of anilines is 3. The molecule has 3 rings (SSSR count). The molecule has 1 unspecified atom stereocenters. The van der Waals surface area contributed by atoms with Gasteiger partial charge in [0.25, 0.3) is 5.91 Å². The van der Waals surface area contributed by atoms with Crippen LogP contribution in [-0.2, 0) is 11.8 Å². The average molecular weight is 378 g/mol. The second kappa shape index (κ2) is 6.04. The molecule has 1 aliphatic heterocycles. The predicted molar refractivity (Wildman–Crippen MR) is 91.6 cm³/mol. The molecule has 23 heavy (non-hydrogen) atoms. The fraction of sp³-hybridized carbons (Fsp3) is 0.267. The highest BCUT2D eigenvalue weighted by Crippen LogP contribution is 2.31. The van der Waals surface area contributed by atoms with Crippen LogP contribution in [0.1, 0.15) is 23.7 Å². The number of nitrogens with one attached hydrogen (secondary N) is 3. The van der Waals surface area contributed by atoms with Gasteiger partial charge in [-0.3, -0.25) is 14.3 Å². The van der Waals surface area contributed by atoms with E-state index in [0.717, 1.165) is 0 Å². The van der Waals surface area contributed by atoms with E-state index in [1.165, 1.54) is 0 Å². The summed E-state index contributed by atoms with van der Waals surface area (Å²) < 4.78 is 2.30. The lowest BCUT2D eigenvalue weighted by Crippen LogP contribution is -2.20. The molecule has 1 aliphatic rings. The minimum Gasteiger partial charge on any atom is -0.380 e. The summed E-state index contributed by atoms with van der Waals surface area (Å²) in [6.07, 6.45) is 2.10. The summed E-state index contributed by atoms with van der Waals surface area (Å²) in [5.74, 6) is 0.0756. The van der Waals surface area contributed by atoms with Gasteiger partial charge in [0.2, 0.25) is 5.91 Å². The molecule has 120 valence electrons. The Morgan fingerprint density at radius 3 is 2.96 bits per heavy atom. The number of halogens is 1. The first-order chi connectivity index (χ1) is 10.9. The van der Waals surface area contributed by atoms with E-state index in [-0.39, 0.29) is 17.9 Å². The molecular weight excluding hydrogens is 362 g/mol. The summed E-state index contributed by atoms with van der Waals surface area (Å²) in [5.41, 5.74) is 1.68. The van der Waals surface area contributed by atoms with E-state index in [2.05, 4.69) is 37.0 Å². The summed E-state index contributed by atoms with van der Waals surface area (Å²) in [4.78, 5) is 24.4. The van der Waals surface area contributed by atoms with Crippen molar-refractivity contribution < 1.29 is 9.59 Å². The van der Waals surface area contributed by atoms with Crippen molar-refractivity contribution in [3.8, 4) is 0 Å². The van der Waals surface area contributed by atoms with Crippen molar-refractivity contribution >= 4 is 44.9 Å². The maximum Gasteiger partial charge on any atom is 0.259 e. The Balaban J connectivity index is 1.94. The van der Waals surface area contributed by atoms with E-state index >= 15 is 0 Å². The van der Waals surface area contributed by atoms with Gasteiger partial charge in [0.15, 0.2) is 5.82 Å². The topological polar surface area (TPSA) is 88.1 Å². The van der Waals surface area contributed by atoms with Gasteiger partial charge in [0, 0.05) is 25.7 Å². The number of rotatable bonds is 2. The summed E-state index contributed by atoms with van der Waals surface area (Å²) in [6.45, 7) is 1.90.